The first kappa shape index (κ1) is 10.4. The minimum absolute atomic E-state index is 0. The van der Waals surface area contributed by atoms with Gasteiger partial charge in [0.1, 0.15) is 0 Å². The van der Waals surface area contributed by atoms with E-state index >= 15 is 0 Å². The number of carbonyl (C=O) groups is 1. The molecule has 0 saturated heterocycles. The van der Waals surface area contributed by atoms with E-state index in [-0.39, 0.29) is 54.6 Å². The van der Waals surface area contributed by atoms with Gasteiger partial charge >= 0.3 is 48.9 Å². The van der Waals surface area contributed by atoms with Gasteiger partial charge in [-0.1, -0.05) is 0 Å². The van der Waals surface area contributed by atoms with Crippen molar-refractivity contribution in [2.24, 2.45) is 0 Å². The van der Waals surface area contributed by atoms with Crippen molar-refractivity contribution in [3.8, 4) is 0 Å². The molecule has 0 atom stereocenters. The molecule has 0 rings (SSSR count). The van der Waals surface area contributed by atoms with Crippen LogP contribution in [0.2, 0.25) is 0 Å². The second-order valence-corrected chi connectivity index (χ2v) is 0.805. The molecule has 0 radical (unpaired) electrons. The molecule has 2 nitrogen and oxygen atoms in total. The van der Waals surface area contributed by atoms with E-state index in [1.54, 1.807) is 0 Å². The van der Waals surface area contributed by atoms with Crippen LogP contribution in [0, 0.1) is 0 Å². The molecule has 0 aromatic rings. The van der Waals surface area contributed by atoms with Crippen LogP contribution in [-0.4, -0.2) is 60.6 Å². The van der Waals surface area contributed by atoms with Crippen LogP contribution in [-0.2, 0) is 17.4 Å². The van der Waals surface area contributed by atoms with Crippen LogP contribution in [0.4, 0.5) is 0 Å². The number of carboxylic acids is 1. The smallest absolute Gasteiger partial charge is 0.787 e. The molecule has 30 valence electrons. The van der Waals surface area contributed by atoms with Crippen LogP contribution < -0.4 is 5.11 Å². The second kappa shape index (κ2) is 6.39. The predicted octanol–water partition coefficient (Wildman–Crippen LogP) is -2.10. The van der Waals surface area contributed by atoms with Crippen LogP contribution in [0.3, 0.4) is 0 Å². The summed E-state index contributed by atoms with van der Waals surface area (Å²) in [7, 11) is 0. The third-order valence-electron chi connectivity index (χ3n) is 0.118. The van der Waals surface area contributed by atoms with Gasteiger partial charge < -0.3 is 22.5 Å². The van der Waals surface area contributed by atoms with Gasteiger partial charge in [0.15, 0.2) is 0 Å². The normalized spacial score (nSPS) is 6.17. The van der Waals surface area contributed by atoms with Crippen molar-refractivity contribution < 1.29 is 9.90 Å². The van der Waals surface area contributed by atoms with Crippen molar-refractivity contribution in [3.63, 3.8) is 0 Å². The molecule has 0 fully saturated rings. The summed E-state index contributed by atoms with van der Waals surface area (Å²) in [6.07, 6.45) is 0. The fraction of sp³-hybridized carbons (Fsp3) is 0.500. The molecule has 0 bridgehead atoms. The maximum Gasteiger partial charge on any atom is 2.00 e. The molecule has 0 aromatic carbocycles. The Morgan fingerprint density at radius 3 is 2.00 bits per heavy atom. The van der Waals surface area contributed by atoms with Gasteiger partial charge in [-0.3, -0.25) is 0 Å². The molecule has 0 aliphatic carbocycles. The summed E-state index contributed by atoms with van der Waals surface area (Å²) in [4.78, 5) is 9.15. The first-order valence-electron chi connectivity index (χ1n) is 1.05. The topological polar surface area (TPSA) is 40.1 Å². The van der Waals surface area contributed by atoms with E-state index in [1.165, 1.54) is 0 Å². The van der Waals surface area contributed by atoms with Gasteiger partial charge in [0, 0.05) is 5.97 Å². The molecule has 6 heavy (non-hydrogen) atoms. The summed E-state index contributed by atoms with van der Waals surface area (Å²) in [6.45, 7) is 0. The molecule has 0 unspecified atom stereocenters. The van der Waals surface area contributed by atoms with Crippen molar-refractivity contribution in [3.05, 3.63) is 0 Å². The summed E-state index contributed by atoms with van der Waals surface area (Å²) in [6, 6.07) is 0. The zero-order valence-corrected chi connectivity index (χ0v) is 8.40. The number of carboxylic acid groups (broad SMARTS) is 1. The Morgan fingerprint density at radius 1 is 1.83 bits per heavy atom. The first-order chi connectivity index (χ1) is 2.27. The van der Waals surface area contributed by atoms with E-state index in [9.17, 15) is 0 Å². The van der Waals surface area contributed by atoms with Crippen LogP contribution in [0.5, 0.6) is 0 Å². The standard InChI is InChI=1S/C2H4O2S.Ba/c3-2(4)1-5;/h5H,1H2,(H,3,4);/q;+2/p-2. The van der Waals surface area contributed by atoms with Crippen molar-refractivity contribution >= 4 is 67.5 Å². The average Bonchev–Trinajstić information content (AvgIpc) is 1.38. The van der Waals surface area contributed by atoms with E-state index in [2.05, 4.69) is 12.6 Å². The average molecular weight is 227 g/mol. The summed E-state index contributed by atoms with van der Waals surface area (Å²) in [5, 5.41) is 9.15. The predicted molar refractivity (Wildman–Crippen MR) is 23.0 cm³/mol. The Kier molecular flexibility index (Phi) is 11.1. The molecule has 0 saturated carbocycles. The number of hydrogen-bond donors (Lipinski definition) is 0. The van der Waals surface area contributed by atoms with Crippen LogP contribution in [0.1, 0.15) is 0 Å². The fourth-order valence-electron chi connectivity index (χ4n) is 0. The Labute approximate surface area is 81.8 Å². The van der Waals surface area contributed by atoms with E-state index < -0.39 is 5.97 Å². The van der Waals surface area contributed by atoms with Crippen molar-refractivity contribution in [2.75, 3.05) is 5.75 Å². The monoisotopic (exact) mass is 228 g/mol. The molecule has 0 N–H and O–H groups in total. The molecule has 0 heterocycles. The molecule has 0 amide bonds. The van der Waals surface area contributed by atoms with E-state index in [4.69, 9.17) is 9.90 Å². The third-order valence-corrected chi connectivity index (χ3v) is 0.354. The van der Waals surface area contributed by atoms with Crippen LogP contribution in [0.15, 0.2) is 0 Å². The Bertz CT molecular complexity index is 46.8. The van der Waals surface area contributed by atoms with Gasteiger partial charge in [0.25, 0.3) is 0 Å². The van der Waals surface area contributed by atoms with Gasteiger partial charge in [-0.25, -0.2) is 0 Å². The Hall–Kier alpha value is 1.39. The van der Waals surface area contributed by atoms with E-state index in [1.807, 2.05) is 0 Å². The molecule has 4 heteroatoms. The zero-order chi connectivity index (χ0) is 4.28. The van der Waals surface area contributed by atoms with Crippen LogP contribution >= 0.6 is 0 Å². The Morgan fingerprint density at radius 2 is 2.00 bits per heavy atom. The van der Waals surface area contributed by atoms with Gasteiger partial charge in [0.2, 0.25) is 0 Å². The van der Waals surface area contributed by atoms with Gasteiger partial charge in [-0.2, -0.15) is 0 Å². The SMILES string of the molecule is O=C([O-])C[S-].[Ba+2]. The molecule has 0 aliphatic heterocycles. The van der Waals surface area contributed by atoms with E-state index in [0.717, 1.165) is 0 Å². The largest absolute Gasteiger partial charge is 2.00 e. The molecule has 0 aliphatic rings. The van der Waals surface area contributed by atoms with Crippen molar-refractivity contribution in [1.29, 1.82) is 0 Å². The fourth-order valence-corrected chi connectivity index (χ4v) is 0. The van der Waals surface area contributed by atoms with Gasteiger partial charge in [-0.05, 0) is 0 Å². The molecule has 0 spiro atoms. The molecule has 0 aromatic heterocycles. The maximum atomic E-state index is 9.15. The zero-order valence-electron chi connectivity index (χ0n) is 3.14. The first-order valence-corrected chi connectivity index (χ1v) is 1.63. The number of hydrogen-bond acceptors (Lipinski definition) is 3. The Balaban J connectivity index is 0. The quantitative estimate of drug-likeness (QED) is 0.381. The van der Waals surface area contributed by atoms with Crippen molar-refractivity contribution in [2.45, 2.75) is 0 Å². The summed E-state index contributed by atoms with van der Waals surface area (Å²) in [5.41, 5.74) is 0. The van der Waals surface area contributed by atoms with Gasteiger partial charge in [-0.15, -0.1) is 5.75 Å². The van der Waals surface area contributed by atoms with Crippen LogP contribution in [0.25, 0.3) is 0 Å². The van der Waals surface area contributed by atoms with Crippen molar-refractivity contribution in [1.82, 2.24) is 0 Å². The summed E-state index contributed by atoms with van der Waals surface area (Å²) < 4.78 is 0. The molecular formula is C2H2BaO2S. The van der Waals surface area contributed by atoms with E-state index in [0.29, 0.717) is 0 Å². The molecular weight excluding hydrogens is 225 g/mol. The minimum atomic E-state index is -1.18. The minimum Gasteiger partial charge on any atom is -0.787 e. The number of rotatable bonds is 1. The summed E-state index contributed by atoms with van der Waals surface area (Å²) in [5.74, 6) is -1.49. The summed E-state index contributed by atoms with van der Waals surface area (Å²) >= 11 is 4.01. The number of carbonyl (C=O) groups excluding carboxylic acids is 1. The maximum absolute atomic E-state index is 9.15. The number of aliphatic carboxylic acids is 1. The van der Waals surface area contributed by atoms with Gasteiger partial charge in [0.05, 0.1) is 0 Å². The second-order valence-electron chi connectivity index (χ2n) is 0.516. The third kappa shape index (κ3) is 9.04.